The molecule has 0 saturated carbocycles. The smallest absolute Gasteiger partial charge is 0.257 e. The van der Waals surface area contributed by atoms with Gasteiger partial charge in [-0.3, -0.25) is 14.9 Å². The first-order valence-corrected chi connectivity index (χ1v) is 15.2. The highest BCUT2D eigenvalue weighted by Crippen LogP contribution is 2.42. The highest BCUT2D eigenvalue weighted by atomic mass is 35.5. The van der Waals surface area contributed by atoms with Crippen LogP contribution in [-0.2, 0) is 24.3 Å². The summed E-state index contributed by atoms with van der Waals surface area (Å²) in [6.07, 6.45) is 8.57. The Labute approximate surface area is 245 Å². The Morgan fingerprint density at radius 1 is 1.07 bits per heavy atom. The van der Waals surface area contributed by atoms with E-state index in [-0.39, 0.29) is 22.7 Å². The van der Waals surface area contributed by atoms with Gasteiger partial charge in [-0.05, 0) is 55.9 Å². The van der Waals surface area contributed by atoms with Crippen molar-refractivity contribution in [3.05, 3.63) is 81.6 Å². The number of carbonyl (C=O) groups excluding carboxylic acids is 2. The molecule has 1 unspecified atom stereocenters. The Morgan fingerprint density at radius 2 is 1.88 bits per heavy atom. The first kappa shape index (κ1) is 26.2. The monoisotopic (exact) mass is 590 g/mol. The summed E-state index contributed by atoms with van der Waals surface area (Å²) < 4.78 is 17.7. The van der Waals surface area contributed by atoms with E-state index >= 15 is 4.39 Å². The third-order valence-electron chi connectivity index (χ3n) is 8.29. The third-order valence-corrected chi connectivity index (χ3v) is 9.37. The molecular weight excluding hydrogens is 563 g/mol. The minimum absolute atomic E-state index is 0.0871. The van der Waals surface area contributed by atoms with Crippen molar-refractivity contribution in [2.24, 2.45) is 0 Å². The fourth-order valence-corrected chi connectivity index (χ4v) is 7.15. The lowest BCUT2D eigenvalue weighted by molar-refractivity contribution is -0.121. The van der Waals surface area contributed by atoms with Gasteiger partial charge in [0.1, 0.15) is 5.82 Å². The van der Waals surface area contributed by atoms with Gasteiger partial charge in [-0.15, -0.1) is 11.3 Å². The van der Waals surface area contributed by atoms with Crippen molar-refractivity contribution >= 4 is 45.6 Å². The lowest BCUT2D eigenvalue weighted by Crippen LogP contribution is -2.38. The highest BCUT2D eigenvalue weighted by Gasteiger charge is 2.43. The van der Waals surface area contributed by atoms with Gasteiger partial charge in [0.2, 0.25) is 0 Å². The fourth-order valence-electron chi connectivity index (χ4n) is 6.25. The molecule has 0 aliphatic carbocycles. The van der Waals surface area contributed by atoms with Crippen LogP contribution in [0.25, 0.3) is 11.1 Å². The molecule has 0 bridgehead atoms. The quantitative estimate of drug-likeness (QED) is 0.295. The molecule has 11 heteroatoms. The van der Waals surface area contributed by atoms with Crippen LogP contribution < -0.4 is 10.2 Å². The number of rotatable bonds is 6. The first-order chi connectivity index (χ1) is 20.0. The molecule has 41 heavy (non-hydrogen) atoms. The molecular formula is C30H28ClFN6O2S. The molecule has 0 radical (unpaired) electrons. The number of amides is 2. The number of carbonyl (C=O) groups is 2. The van der Waals surface area contributed by atoms with E-state index in [4.69, 9.17) is 11.6 Å². The fraction of sp³-hybridized carbons (Fsp3) is 0.333. The summed E-state index contributed by atoms with van der Waals surface area (Å²) in [6.45, 7) is 2.76. The molecule has 7 rings (SSSR count). The summed E-state index contributed by atoms with van der Waals surface area (Å²) in [6, 6.07) is 8.23. The second-order valence-electron chi connectivity index (χ2n) is 10.7. The second-order valence-corrected chi connectivity index (χ2v) is 12.0. The van der Waals surface area contributed by atoms with Gasteiger partial charge in [0.05, 0.1) is 29.2 Å². The Bertz CT molecular complexity index is 1630. The van der Waals surface area contributed by atoms with Crippen molar-refractivity contribution < 1.29 is 14.0 Å². The zero-order valence-electron chi connectivity index (χ0n) is 22.3. The number of fused-ring (bicyclic) bond motifs is 2. The van der Waals surface area contributed by atoms with E-state index in [9.17, 15) is 9.59 Å². The summed E-state index contributed by atoms with van der Waals surface area (Å²) >= 11 is 8.15. The number of anilines is 2. The minimum atomic E-state index is -1.06. The van der Waals surface area contributed by atoms with Gasteiger partial charge in [0.25, 0.3) is 11.8 Å². The van der Waals surface area contributed by atoms with E-state index in [1.807, 2.05) is 28.8 Å². The molecule has 2 aromatic carbocycles. The van der Waals surface area contributed by atoms with Gasteiger partial charge < -0.3 is 14.4 Å². The third kappa shape index (κ3) is 4.59. The minimum Gasteiger partial charge on any atom is -0.372 e. The number of halogens is 2. The molecule has 1 atom stereocenters. The number of hydrogen-bond donors (Lipinski definition) is 1. The summed E-state index contributed by atoms with van der Waals surface area (Å²) in [7, 11) is 0. The molecule has 2 aromatic heterocycles. The molecule has 1 fully saturated rings. The first-order valence-electron chi connectivity index (χ1n) is 13.9. The Morgan fingerprint density at radius 3 is 2.63 bits per heavy atom. The van der Waals surface area contributed by atoms with Crippen LogP contribution in [0.1, 0.15) is 59.0 Å². The summed E-state index contributed by atoms with van der Waals surface area (Å²) in [5.74, 6) is -1.46. The number of nitrogens with zero attached hydrogens (tertiary/aromatic N) is 5. The lowest BCUT2D eigenvalue weighted by Gasteiger charge is -2.29. The maximum atomic E-state index is 15.7. The summed E-state index contributed by atoms with van der Waals surface area (Å²) in [5, 5.41) is 5.18. The SMILES string of the molecule is O=C(Nc1nccs1)C(c1ncn2c1CCC2)N1Cc2c(F)cc(-c3ccc(N4CCCCC4)cc3)c(Cl)c2C1=O. The molecule has 4 aromatic rings. The zero-order chi connectivity index (χ0) is 28.1. The van der Waals surface area contributed by atoms with E-state index in [1.54, 1.807) is 17.9 Å². The summed E-state index contributed by atoms with van der Waals surface area (Å²) in [4.78, 5) is 40.1. The van der Waals surface area contributed by atoms with E-state index in [1.165, 1.54) is 41.6 Å². The lowest BCUT2D eigenvalue weighted by atomic mass is 9.99. The van der Waals surface area contributed by atoms with Crippen LogP contribution in [0.15, 0.2) is 48.2 Å². The Balaban J connectivity index is 1.24. The van der Waals surface area contributed by atoms with Gasteiger partial charge in [-0.25, -0.2) is 14.4 Å². The molecule has 3 aliphatic rings. The second kappa shape index (κ2) is 10.6. The molecule has 1 saturated heterocycles. The number of aromatic nitrogens is 3. The van der Waals surface area contributed by atoms with Crippen LogP contribution in [0.5, 0.6) is 0 Å². The van der Waals surface area contributed by atoms with Gasteiger partial charge >= 0.3 is 0 Å². The molecule has 0 spiro atoms. The van der Waals surface area contributed by atoms with E-state index < -0.39 is 23.7 Å². The zero-order valence-corrected chi connectivity index (χ0v) is 23.8. The van der Waals surface area contributed by atoms with Gasteiger partial charge in [-0.1, -0.05) is 23.7 Å². The van der Waals surface area contributed by atoms with Crippen molar-refractivity contribution in [2.45, 2.75) is 51.2 Å². The van der Waals surface area contributed by atoms with Crippen LogP contribution in [-0.4, -0.2) is 44.3 Å². The Hall–Kier alpha value is -3.76. The number of aryl methyl sites for hydroxylation is 1. The molecule has 5 heterocycles. The van der Waals surface area contributed by atoms with Gasteiger partial charge in [0.15, 0.2) is 11.2 Å². The van der Waals surface area contributed by atoms with Crippen molar-refractivity contribution in [1.82, 2.24) is 19.4 Å². The van der Waals surface area contributed by atoms with Gasteiger partial charge in [-0.2, -0.15) is 0 Å². The largest absolute Gasteiger partial charge is 0.372 e. The van der Waals surface area contributed by atoms with Crippen LogP contribution in [0.4, 0.5) is 15.2 Å². The van der Waals surface area contributed by atoms with Crippen molar-refractivity contribution in [3.8, 4) is 11.1 Å². The number of benzene rings is 2. The molecule has 210 valence electrons. The van der Waals surface area contributed by atoms with Crippen molar-refractivity contribution in [1.29, 1.82) is 0 Å². The Kier molecular flexibility index (Phi) is 6.75. The summed E-state index contributed by atoms with van der Waals surface area (Å²) in [5.41, 5.74) is 4.01. The number of thiazole rings is 1. The predicted octanol–water partition coefficient (Wildman–Crippen LogP) is 6.07. The molecule has 1 N–H and O–H groups in total. The standard InChI is InChI=1S/C30H28ClFN6O2S/c31-25-20(18-6-8-19(9-7-18)36-11-2-1-3-12-36)15-22(32)21-16-38(29(40)24(21)25)27(28(39)35-30-33-10-14-41-30)26-23-5-4-13-37(23)17-34-26/h6-10,14-15,17,27H,1-5,11-13,16H2,(H,33,35,39). The van der Waals surface area contributed by atoms with Crippen molar-refractivity contribution in [3.63, 3.8) is 0 Å². The number of imidazole rings is 1. The van der Waals surface area contributed by atoms with E-state index in [0.29, 0.717) is 16.4 Å². The van der Waals surface area contributed by atoms with Crippen LogP contribution in [0.2, 0.25) is 5.02 Å². The van der Waals surface area contributed by atoms with Gasteiger partial charge in [0, 0.05) is 53.7 Å². The molecule has 2 amide bonds. The average molecular weight is 591 g/mol. The molecule has 3 aliphatic heterocycles. The molecule has 8 nitrogen and oxygen atoms in total. The van der Waals surface area contributed by atoms with E-state index in [0.717, 1.165) is 49.4 Å². The number of piperidine rings is 1. The topological polar surface area (TPSA) is 83.4 Å². The predicted molar refractivity (Wildman–Crippen MR) is 157 cm³/mol. The maximum Gasteiger partial charge on any atom is 0.257 e. The van der Waals surface area contributed by atoms with Crippen LogP contribution in [0, 0.1) is 5.82 Å². The number of nitrogens with one attached hydrogen (secondary N) is 1. The van der Waals surface area contributed by atoms with Crippen LogP contribution in [0.3, 0.4) is 0 Å². The van der Waals surface area contributed by atoms with Crippen LogP contribution >= 0.6 is 22.9 Å². The normalized spacial score (nSPS) is 17.1. The average Bonchev–Trinajstić information content (AvgIpc) is 3.79. The number of hydrogen-bond acceptors (Lipinski definition) is 6. The maximum absolute atomic E-state index is 15.7. The van der Waals surface area contributed by atoms with E-state index in [2.05, 4.69) is 20.2 Å². The highest BCUT2D eigenvalue weighted by molar-refractivity contribution is 7.13. The van der Waals surface area contributed by atoms with Crippen molar-refractivity contribution in [2.75, 3.05) is 23.3 Å².